The van der Waals surface area contributed by atoms with E-state index in [2.05, 4.69) is 33.5 Å². The molecule has 2 N–H and O–H groups in total. The molecule has 0 radical (unpaired) electrons. The van der Waals surface area contributed by atoms with Gasteiger partial charge in [-0.15, -0.1) is 23.7 Å². The van der Waals surface area contributed by atoms with E-state index in [4.69, 9.17) is 0 Å². The zero-order chi connectivity index (χ0) is 12.3. The van der Waals surface area contributed by atoms with Gasteiger partial charge in [0.25, 0.3) is 5.91 Å². The fourth-order valence-electron chi connectivity index (χ4n) is 2.02. The monoisotopic (exact) mass is 352 g/mol. The minimum Gasteiger partial charge on any atom is -0.351 e. The van der Waals surface area contributed by atoms with Gasteiger partial charge >= 0.3 is 0 Å². The van der Waals surface area contributed by atoms with Gasteiger partial charge in [-0.25, -0.2) is 0 Å². The van der Waals surface area contributed by atoms with Gasteiger partial charge in [0, 0.05) is 16.4 Å². The molecular weight excluding hydrogens is 336 g/mol. The second kappa shape index (κ2) is 6.89. The van der Waals surface area contributed by atoms with Gasteiger partial charge in [0.2, 0.25) is 0 Å². The summed E-state index contributed by atoms with van der Waals surface area (Å²) in [5.41, 5.74) is 0.245. The van der Waals surface area contributed by atoms with Crippen LogP contribution in [0.1, 0.15) is 29.4 Å². The molecular formula is C12H18BrClN2OS. The van der Waals surface area contributed by atoms with Crippen molar-refractivity contribution in [2.75, 3.05) is 19.6 Å². The first-order chi connectivity index (χ1) is 8.09. The summed E-state index contributed by atoms with van der Waals surface area (Å²) < 4.78 is 0.973. The lowest BCUT2D eigenvalue weighted by atomic mass is 9.81. The smallest absolute Gasteiger partial charge is 0.261 e. The van der Waals surface area contributed by atoms with E-state index in [0.717, 1.165) is 41.8 Å². The summed E-state index contributed by atoms with van der Waals surface area (Å²) in [6.45, 7) is 5.12. The van der Waals surface area contributed by atoms with E-state index >= 15 is 0 Å². The lowest BCUT2D eigenvalue weighted by Crippen LogP contribution is -2.42. The molecule has 0 bridgehead atoms. The second-order valence-electron chi connectivity index (χ2n) is 4.87. The van der Waals surface area contributed by atoms with E-state index in [-0.39, 0.29) is 23.7 Å². The van der Waals surface area contributed by atoms with Gasteiger partial charge in [-0.3, -0.25) is 4.79 Å². The number of hydrogen-bond acceptors (Lipinski definition) is 3. The maximum atomic E-state index is 11.9. The van der Waals surface area contributed by atoms with E-state index in [1.165, 1.54) is 11.3 Å². The summed E-state index contributed by atoms with van der Waals surface area (Å²) >= 11 is 4.83. The van der Waals surface area contributed by atoms with E-state index in [1.54, 1.807) is 0 Å². The molecule has 2 heterocycles. The molecule has 1 amide bonds. The Labute approximate surface area is 126 Å². The number of carbonyl (C=O) groups excluding carboxylic acids is 1. The third kappa shape index (κ3) is 4.23. The van der Waals surface area contributed by atoms with Gasteiger partial charge in [-0.1, -0.05) is 6.92 Å². The van der Waals surface area contributed by atoms with Crippen molar-refractivity contribution in [1.82, 2.24) is 10.6 Å². The van der Waals surface area contributed by atoms with Crippen LogP contribution in [0.25, 0.3) is 0 Å². The molecule has 2 rings (SSSR count). The Kier molecular flexibility index (Phi) is 6.11. The van der Waals surface area contributed by atoms with Gasteiger partial charge in [-0.05, 0) is 53.3 Å². The highest BCUT2D eigenvalue weighted by molar-refractivity contribution is 9.10. The minimum absolute atomic E-state index is 0. The molecule has 1 aromatic heterocycles. The lowest BCUT2D eigenvalue weighted by Gasteiger charge is -2.34. The van der Waals surface area contributed by atoms with E-state index in [1.807, 2.05) is 11.4 Å². The molecule has 18 heavy (non-hydrogen) atoms. The number of amides is 1. The highest BCUT2D eigenvalue weighted by atomic mass is 79.9. The first kappa shape index (κ1) is 16.0. The average molecular weight is 354 g/mol. The van der Waals surface area contributed by atoms with E-state index in [9.17, 15) is 4.79 Å². The van der Waals surface area contributed by atoms with Crippen molar-refractivity contribution in [3.8, 4) is 0 Å². The van der Waals surface area contributed by atoms with Crippen LogP contribution in [0.4, 0.5) is 0 Å². The average Bonchev–Trinajstić information content (AvgIpc) is 2.74. The first-order valence-electron chi connectivity index (χ1n) is 5.82. The van der Waals surface area contributed by atoms with Crippen molar-refractivity contribution in [2.45, 2.75) is 19.8 Å². The predicted molar refractivity (Wildman–Crippen MR) is 81.8 cm³/mol. The molecule has 0 aliphatic carbocycles. The minimum atomic E-state index is 0. The summed E-state index contributed by atoms with van der Waals surface area (Å²) in [5, 5.41) is 8.32. The normalized spacial score (nSPS) is 17.9. The summed E-state index contributed by atoms with van der Waals surface area (Å²) in [4.78, 5) is 12.7. The van der Waals surface area contributed by atoms with Crippen LogP contribution < -0.4 is 10.6 Å². The summed E-state index contributed by atoms with van der Waals surface area (Å²) in [6.07, 6.45) is 2.25. The quantitative estimate of drug-likeness (QED) is 0.877. The maximum Gasteiger partial charge on any atom is 0.261 e. The van der Waals surface area contributed by atoms with Gasteiger partial charge < -0.3 is 10.6 Å². The zero-order valence-corrected chi connectivity index (χ0v) is 13.5. The van der Waals surface area contributed by atoms with Crippen LogP contribution in [0.15, 0.2) is 15.9 Å². The van der Waals surface area contributed by atoms with E-state index < -0.39 is 0 Å². The Bertz CT molecular complexity index is 405. The lowest BCUT2D eigenvalue weighted by molar-refractivity contribution is 0.0926. The molecule has 0 atom stereocenters. The van der Waals surface area contributed by atoms with Gasteiger partial charge in [0.1, 0.15) is 0 Å². The largest absolute Gasteiger partial charge is 0.351 e. The molecule has 0 spiro atoms. The van der Waals surface area contributed by atoms with Crippen molar-refractivity contribution >= 4 is 45.6 Å². The fourth-order valence-corrected chi connectivity index (χ4v) is 3.36. The molecule has 0 saturated carbocycles. The summed E-state index contributed by atoms with van der Waals surface area (Å²) in [6, 6.07) is 1.87. The van der Waals surface area contributed by atoms with Crippen molar-refractivity contribution in [2.24, 2.45) is 5.41 Å². The maximum absolute atomic E-state index is 11.9. The first-order valence-corrected chi connectivity index (χ1v) is 7.49. The fraction of sp³-hybridized carbons (Fsp3) is 0.583. The van der Waals surface area contributed by atoms with Crippen molar-refractivity contribution in [1.29, 1.82) is 0 Å². The molecule has 1 fully saturated rings. The molecule has 0 unspecified atom stereocenters. The van der Waals surface area contributed by atoms with E-state index in [0.29, 0.717) is 0 Å². The van der Waals surface area contributed by atoms with Crippen LogP contribution in [-0.2, 0) is 0 Å². The topological polar surface area (TPSA) is 41.1 Å². The Balaban J connectivity index is 0.00000162. The number of piperidine rings is 1. The summed E-state index contributed by atoms with van der Waals surface area (Å²) in [7, 11) is 0. The van der Waals surface area contributed by atoms with Gasteiger partial charge in [0.15, 0.2) is 0 Å². The van der Waals surface area contributed by atoms with Crippen LogP contribution in [-0.4, -0.2) is 25.5 Å². The highest BCUT2D eigenvalue weighted by Gasteiger charge is 2.27. The Morgan fingerprint density at radius 2 is 2.22 bits per heavy atom. The Hall–Kier alpha value is -0.100. The second-order valence-corrected chi connectivity index (χ2v) is 6.70. The van der Waals surface area contributed by atoms with Gasteiger partial charge in [-0.2, -0.15) is 0 Å². The Morgan fingerprint density at radius 1 is 1.56 bits per heavy atom. The van der Waals surface area contributed by atoms with Crippen molar-refractivity contribution < 1.29 is 4.79 Å². The number of thiophene rings is 1. The predicted octanol–water partition coefficient (Wildman–Crippen LogP) is 3.05. The number of carbonyl (C=O) groups is 1. The zero-order valence-electron chi connectivity index (χ0n) is 10.3. The highest BCUT2D eigenvalue weighted by Crippen LogP contribution is 2.27. The molecule has 102 valence electrons. The number of rotatable bonds is 3. The van der Waals surface area contributed by atoms with Crippen molar-refractivity contribution in [3.05, 3.63) is 20.8 Å². The molecule has 1 saturated heterocycles. The molecule has 0 aromatic carbocycles. The van der Waals surface area contributed by atoms with Crippen LogP contribution in [0.3, 0.4) is 0 Å². The number of nitrogens with one attached hydrogen (secondary N) is 2. The molecule has 1 aliphatic heterocycles. The third-order valence-electron chi connectivity index (χ3n) is 3.28. The molecule has 6 heteroatoms. The SMILES string of the molecule is CC1(CNC(=O)c2cc(Br)cs2)CCNCC1.Cl. The molecule has 1 aromatic rings. The molecule has 1 aliphatic rings. The van der Waals surface area contributed by atoms with Crippen molar-refractivity contribution in [3.63, 3.8) is 0 Å². The van der Waals surface area contributed by atoms with Gasteiger partial charge in [0.05, 0.1) is 4.88 Å². The molecule has 3 nitrogen and oxygen atoms in total. The summed E-state index contributed by atoms with van der Waals surface area (Å²) in [5.74, 6) is 0.0421. The van der Waals surface area contributed by atoms with Crippen LogP contribution in [0.2, 0.25) is 0 Å². The Morgan fingerprint density at radius 3 is 2.78 bits per heavy atom. The standard InChI is InChI=1S/C12H17BrN2OS.ClH/c1-12(2-4-14-5-3-12)8-15-11(16)10-6-9(13)7-17-10;/h6-7,14H,2-5,8H2,1H3,(H,15,16);1H. The number of hydrogen-bond donors (Lipinski definition) is 2. The van der Waals surface area contributed by atoms with Crippen LogP contribution in [0.5, 0.6) is 0 Å². The van der Waals surface area contributed by atoms with Crippen LogP contribution >= 0.6 is 39.7 Å². The van der Waals surface area contributed by atoms with Crippen LogP contribution in [0, 0.1) is 5.41 Å². The number of halogens is 2. The third-order valence-corrected chi connectivity index (χ3v) is 4.97.